The first-order valence-electron chi connectivity index (χ1n) is 9.31. The molecule has 0 saturated carbocycles. The Kier molecular flexibility index (Phi) is 5.72. The van der Waals surface area contributed by atoms with Crippen molar-refractivity contribution in [3.8, 4) is 0 Å². The molecule has 2 aromatic carbocycles. The van der Waals surface area contributed by atoms with Gasteiger partial charge in [-0.3, -0.25) is 29.4 Å². The van der Waals surface area contributed by atoms with Crippen LogP contribution in [0, 0.1) is 0 Å². The molecule has 0 saturated heterocycles. The minimum absolute atomic E-state index is 0.0657. The number of fused-ring (bicyclic) bond motifs is 1. The van der Waals surface area contributed by atoms with Crippen LogP contribution in [-0.4, -0.2) is 33.5 Å². The summed E-state index contributed by atoms with van der Waals surface area (Å²) in [6.45, 7) is -0.318. The van der Waals surface area contributed by atoms with Gasteiger partial charge < -0.3 is 10.6 Å². The highest BCUT2D eigenvalue weighted by Gasteiger charge is 2.14. The van der Waals surface area contributed by atoms with Crippen LogP contribution in [0.4, 0.5) is 5.69 Å². The van der Waals surface area contributed by atoms with Gasteiger partial charge in [0.2, 0.25) is 5.91 Å². The average Bonchev–Trinajstić information content (AvgIpc) is 3.24. The van der Waals surface area contributed by atoms with Gasteiger partial charge in [-0.05, 0) is 17.7 Å². The largest absolute Gasteiger partial charge is 0.342 e. The van der Waals surface area contributed by atoms with Crippen LogP contribution in [0.5, 0.6) is 0 Å². The van der Waals surface area contributed by atoms with Crippen molar-refractivity contribution in [2.75, 3.05) is 11.9 Å². The van der Waals surface area contributed by atoms with Gasteiger partial charge in [-0.15, -0.1) is 11.3 Å². The Morgan fingerprint density at radius 1 is 0.968 bits per heavy atom. The Balaban J connectivity index is 1.39. The summed E-state index contributed by atoms with van der Waals surface area (Å²) in [5.41, 5.74) is 0.490. The molecule has 0 aliphatic carbocycles. The average molecular weight is 435 g/mol. The highest BCUT2D eigenvalue weighted by atomic mass is 32.1. The molecule has 4 rings (SSSR count). The number of rotatable bonds is 6. The van der Waals surface area contributed by atoms with Gasteiger partial charge in [-0.25, -0.2) is 4.98 Å². The minimum Gasteiger partial charge on any atom is -0.342 e. The fraction of sp³-hybridized carbons (Fsp3) is 0.0952. The van der Waals surface area contributed by atoms with Crippen molar-refractivity contribution in [3.63, 3.8) is 0 Å². The summed E-state index contributed by atoms with van der Waals surface area (Å²) in [7, 11) is 0. The lowest BCUT2D eigenvalue weighted by Crippen LogP contribution is -2.33. The Morgan fingerprint density at radius 2 is 1.74 bits per heavy atom. The van der Waals surface area contributed by atoms with Gasteiger partial charge >= 0.3 is 0 Å². The van der Waals surface area contributed by atoms with Gasteiger partial charge in [-0.1, -0.05) is 36.4 Å². The predicted molar refractivity (Wildman–Crippen MR) is 118 cm³/mol. The first kappa shape index (κ1) is 20.2. The first-order chi connectivity index (χ1) is 15.0. The van der Waals surface area contributed by atoms with Crippen molar-refractivity contribution in [3.05, 3.63) is 90.9 Å². The molecule has 0 aliphatic rings. The summed E-state index contributed by atoms with van der Waals surface area (Å²) in [5.74, 6) is -1.02. The molecular weight excluding hydrogens is 418 g/mol. The highest BCUT2D eigenvalue weighted by Crippen LogP contribution is 2.17. The maximum absolute atomic E-state index is 12.3. The molecule has 0 unspecified atom stereocenters. The first-order valence-corrected chi connectivity index (χ1v) is 10.2. The summed E-state index contributed by atoms with van der Waals surface area (Å²) in [6.07, 6.45) is 0.619. The van der Waals surface area contributed by atoms with Crippen molar-refractivity contribution in [1.29, 1.82) is 0 Å². The number of carbonyl (C=O) groups excluding carboxylic acids is 2. The molecule has 0 bridgehead atoms. The zero-order chi connectivity index (χ0) is 21.8. The number of hydrogen-bond acceptors (Lipinski definition) is 6. The standard InChI is InChI=1S/C21H17N5O4S/c27-16(23-14-8-4-7-13-18(14)21(30)26-25-19(13)28)10-22-20(29)15-11-31-17(24-15)9-12-5-2-1-3-6-12/h1-8,11H,9-10H2,(H,22,29)(H,23,27)(H,25,28)(H,26,30). The van der Waals surface area contributed by atoms with Crippen LogP contribution in [0.2, 0.25) is 0 Å². The van der Waals surface area contributed by atoms with E-state index in [0.29, 0.717) is 6.42 Å². The number of nitrogens with zero attached hydrogens (tertiary/aromatic N) is 1. The number of H-pyrrole nitrogens is 2. The molecule has 9 nitrogen and oxygen atoms in total. The Hall–Kier alpha value is -4.05. The second kappa shape index (κ2) is 8.76. The monoisotopic (exact) mass is 435 g/mol. The third kappa shape index (κ3) is 4.59. The van der Waals surface area contributed by atoms with E-state index in [9.17, 15) is 19.2 Å². The van der Waals surface area contributed by atoms with Crippen molar-refractivity contribution in [2.45, 2.75) is 6.42 Å². The SMILES string of the molecule is O=C(CNC(=O)c1csc(Cc2ccccc2)n1)Nc1cccc2c(=O)[nH][nH]c(=O)c12. The summed E-state index contributed by atoms with van der Waals surface area (Å²) >= 11 is 1.37. The van der Waals surface area contributed by atoms with Crippen LogP contribution in [0.1, 0.15) is 21.1 Å². The van der Waals surface area contributed by atoms with Crippen LogP contribution in [0.25, 0.3) is 10.8 Å². The fourth-order valence-corrected chi connectivity index (χ4v) is 3.85. The number of thiazole rings is 1. The molecule has 2 amide bonds. The molecule has 0 aliphatic heterocycles. The predicted octanol–water partition coefficient (Wildman–Crippen LogP) is 1.63. The summed E-state index contributed by atoms with van der Waals surface area (Å²) < 4.78 is 0. The highest BCUT2D eigenvalue weighted by molar-refractivity contribution is 7.09. The van der Waals surface area contributed by atoms with Gasteiger partial charge in [-0.2, -0.15) is 0 Å². The molecule has 4 aromatic rings. The molecule has 0 radical (unpaired) electrons. The van der Waals surface area contributed by atoms with E-state index < -0.39 is 22.9 Å². The summed E-state index contributed by atoms with van der Waals surface area (Å²) in [5, 5.41) is 12.2. The quantitative estimate of drug-likeness (QED) is 0.365. The van der Waals surface area contributed by atoms with Crippen molar-refractivity contribution in [1.82, 2.24) is 20.5 Å². The molecule has 2 heterocycles. The number of carbonyl (C=O) groups is 2. The lowest BCUT2D eigenvalue weighted by atomic mass is 10.1. The van der Waals surface area contributed by atoms with E-state index in [1.165, 1.54) is 23.5 Å². The number of nitrogens with one attached hydrogen (secondary N) is 4. The number of benzene rings is 2. The van der Waals surface area contributed by atoms with Gasteiger partial charge in [0.25, 0.3) is 17.0 Å². The van der Waals surface area contributed by atoms with Crippen LogP contribution in [-0.2, 0) is 11.2 Å². The van der Waals surface area contributed by atoms with E-state index in [1.807, 2.05) is 30.3 Å². The van der Waals surface area contributed by atoms with Gasteiger partial charge in [0, 0.05) is 11.8 Å². The second-order valence-corrected chi connectivity index (χ2v) is 7.60. The molecule has 156 valence electrons. The number of hydrogen-bond donors (Lipinski definition) is 4. The number of aromatic nitrogens is 3. The van der Waals surface area contributed by atoms with E-state index in [-0.39, 0.29) is 28.7 Å². The van der Waals surface area contributed by atoms with Crippen LogP contribution in [0.15, 0.2) is 63.5 Å². The molecule has 2 aromatic heterocycles. The summed E-state index contributed by atoms with van der Waals surface area (Å²) in [4.78, 5) is 52.9. The van der Waals surface area contributed by atoms with E-state index >= 15 is 0 Å². The van der Waals surface area contributed by atoms with Crippen LogP contribution in [0.3, 0.4) is 0 Å². The molecular formula is C21H17N5O4S. The minimum atomic E-state index is -0.541. The van der Waals surface area contributed by atoms with Gasteiger partial charge in [0.1, 0.15) is 5.69 Å². The maximum Gasteiger partial charge on any atom is 0.272 e. The van der Waals surface area contributed by atoms with E-state index in [2.05, 4.69) is 25.8 Å². The van der Waals surface area contributed by atoms with Crippen LogP contribution < -0.4 is 21.8 Å². The molecule has 31 heavy (non-hydrogen) atoms. The Bertz CT molecular complexity index is 1370. The molecule has 4 N–H and O–H groups in total. The number of anilines is 1. The number of aromatic amines is 2. The maximum atomic E-state index is 12.3. The zero-order valence-electron chi connectivity index (χ0n) is 16.1. The Morgan fingerprint density at radius 3 is 2.55 bits per heavy atom. The second-order valence-electron chi connectivity index (χ2n) is 6.66. The third-order valence-corrected chi connectivity index (χ3v) is 5.34. The van der Waals surface area contributed by atoms with Crippen molar-refractivity contribution >= 4 is 39.6 Å². The van der Waals surface area contributed by atoms with Gasteiger partial charge in [0.05, 0.1) is 28.0 Å². The third-order valence-electron chi connectivity index (χ3n) is 4.49. The Labute approximate surface area is 179 Å². The molecule has 0 spiro atoms. The van der Waals surface area contributed by atoms with Crippen molar-refractivity contribution in [2.24, 2.45) is 0 Å². The topological polar surface area (TPSA) is 137 Å². The van der Waals surface area contributed by atoms with Crippen LogP contribution >= 0.6 is 11.3 Å². The summed E-state index contributed by atoms with van der Waals surface area (Å²) in [6, 6.07) is 14.3. The molecule has 0 fully saturated rings. The smallest absolute Gasteiger partial charge is 0.272 e. The fourth-order valence-electron chi connectivity index (χ4n) is 3.05. The van der Waals surface area contributed by atoms with Crippen molar-refractivity contribution < 1.29 is 9.59 Å². The normalized spacial score (nSPS) is 10.7. The lowest BCUT2D eigenvalue weighted by Gasteiger charge is -2.08. The van der Waals surface area contributed by atoms with E-state index in [4.69, 9.17) is 0 Å². The number of amides is 2. The van der Waals surface area contributed by atoms with E-state index in [0.717, 1.165) is 10.6 Å². The molecule has 10 heteroatoms. The van der Waals surface area contributed by atoms with E-state index in [1.54, 1.807) is 11.4 Å². The molecule has 0 atom stereocenters. The zero-order valence-corrected chi connectivity index (χ0v) is 16.9. The lowest BCUT2D eigenvalue weighted by molar-refractivity contribution is -0.115. The van der Waals surface area contributed by atoms with Gasteiger partial charge in [0.15, 0.2) is 0 Å².